The van der Waals surface area contributed by atoms with Crippen molar-refractivity contribution in [2.75, 3.05) is 6.54 Å². The fourth-order valence-corrected chi connectivity index (χ4v) is 3.67. The minimum Gasteiger partial charge on any atom is -0.307 e. The summed E-state index contributed by atoms with van der Waals surface area (Å²) in [5, 5.41) is 10.9. The zero-order chi connectivity index (χ0) is 13.6. The van der Waals surface area contributed by atoms with Crippen LogP contribution in [0.4, 0.5) is 4.79 Å². The molecule has 1 aromatic carbocycles. The van der Waals surface area contributed by atoms with E-state index in [1.54, 1.807) is 0 Å². The van der Waals surface area contributed by atoms with Crippen molar-refractivity contribution in [1.82, 2.24) is 10.2 Å². The molecule has 1 unspecified atom stereocenters. The van der Waals surface area contributed by atoms with Gasteiger partial charge >= 0.3 is 6.03 Å². The molecule has 2 amide bonds. The lowest BCUT2D eigenvalue weighted by Crippen LogP contribution is -2.45. The van der Waals surface area contributed by atoms with E-state index in [1.807, 2.05) is 17.0 Å². The van der Waals surface area contributed by atoms with E-state index in [2.05, 4.69) is 34.2 Å². The van der Waals surface area contributed by atoms with E-state index in [9.17, 15) is 4.79 Å². The first-order valence-electron chi connectivity index (χ1n) is 6.56. The fourth-order valence-electron chi connectivity index (χ4n) is 3.26. The van der Waals surface area contributed by atoms with Crippen LogP contribution in [0.15, 0.2) is 22.7 Å². The molecule has 1 fully saturated rings. The van der Waals surface area contributed by atoms with Crippen LogP contribution in [0.2, 0.25) is 0 Å². The number of benzene rings is 1. The van der Waals surface area contributed by atoms with Gasteiger partial charge in [-0.2, -0.15) is 0 Å². The number of fused-ring (bicyclic) bond motifs is 2. The highest BCUT2D eigenvalue weighted by Gasteiger charge is 2.54. The molecule has 3 rings (SSSR count). The molecule has 5 heteroatoms. The first-order valence-corrected chi connectivity index (χ1v) is 7.35. The maximum atomic E-state index is 12.1. The van der Waals surface area contributed by atoms with Gasteiger partial charge in [-0.3, -0.25) is 10.7 Å². The summed E-state index contributed by atoms with van der Waals surface area (Å²) < 4.78 is 1.05. The van der Waals surface area contributed by atoms with Crippen molar-refractivity contribution in [2.45, 2.75) is 31.7 Å². The van der Waals surface area contributed by atoms with Crippen LogP contribution in [-0.2, 0) is 12.0 Å². The van der Waals surface area contributed by atoms with Gasteiger partial charge in [-0.15, -0.1) is 0 Å². The second-order valence-corrected chi connectivity index (χ2v) is 6.03. The molecule has 2 aliphatic rings. The van der Waals surface area contributed by atoms with E-state index in [4.69, 9.17) is 5.41 Å². The van der Waals surface area contributed by atoms with E-state index >= 15 is 0 Å². The maximum absolute atomic E-state index is 12.1. The predicted octanol–water partition coefficient (Wildman–Crippen LogP) is 3.00. The lowest BCUT2D eigenvalue weighted by atomic mass is 9.89. The van der Waals surface area contributed by atoms with Crippen LogP contribution >= 0.6 is 15.9 Å². The first kappa shape index (κ1) is 12.7. The number of amides is 2. The Morgan fingerprint density at radius 3 is 3.05 bits per heavy atom. The summed E-state index contributed by atoms with van der Waals surface area (Å²) in [7, 11) is 0. The lowest BCUT2D eigenvalue weighted by molar-refractivity contribution is 0.172. The smallest absolute Gasteiger partial charge is 0.307 e. The third kappa shape index (κ3) is 1.64. The summed E-state index contributed by atoms with van der Waals surface area (Å²) in [6, 6.07) is 6.00. The number of hydrogen-bond acceptors (Lipinski definition) is 2. The Bertz CT molecular complexity index is 572. The van der Waals surface area contributed by atoms with Crippen molar-refractivity contribution in [3.05, 3.63) is 33.8 Å². The zero-order valence-electron chi connectivity index (χ0n) is 10.8. The van der Waals surface area contributed by atoms with Gasteiger partial charge in [0, 0.05) is 11.0 Å². The predicted molar refractivity (Wildman–Crippen MR) is 77.4 cm³/mol. The minimum atomic E-state index is -0.552. The van der Waals surface area contributed by atoms with Crippen LogP contribution in [0.3, 0.4) is 0 Å². The number of hydrogen-bond donors (Lipinski definition) is 2. The number of rotatable bonds is 2. The normalized spacial score (nSPS) is 25.1. The van der Waals surface area contributed by atoms with Crippen LogP contribution in [0, 0.1) is 5.41 Å². The van der Waals surface area contributed by atoms with Crippen molar-refractivity contribution < 1.29 is 4.79 Å². The quantitative estimate of drug-likeness (QED) is 0.864. The van der Waals surface area contributed by atoms with E-state index in [1.165, 1.54) is 5.56 Å². The van der Waals surface area contributed by atoms with Crippen LogP contribution < -0.4 is 5.32 Å². The van der Waals surface area contributed by atoms with Crippen molar-refractivity contribution >= 4 is 27.8 Å². The minimum absolute atomic E-state index is 0.136. The highest BCUT2D eigenvalue weighted by atomic mass is 79.9. The first-order chi connectivity index (χ1) is 9.09. The number of carbonyl (C=O) groups is 1. The number of nitrogens with one attached hydrogen (secondary N) is 2. The summed E-state index contributed by atoms with van der Waals surface area (Å²) in [6.45, 7) is 2.74. The summed E-state index contributed by atoms with van der Waals surface area (Å²) in [6.07, 6.45) is 2.61. The molecule has 1 heterocycles. The molecule has 1 atom stereocenters. The molecular formula is C14H16BrN3O. The van der Waals surface area contributed by atoms with Crippen molar-refractivity contribution in [1.29, 1.82) is 5.41 Å². The molecule has 0 radical (unpaired) electrons. The Morgan fingerprint density at radius 2 is 2.32 bits per heavy atom. The molecule has 19 heavy (non-hydrogen) atoms. The maximum Gasteiger partial charge on any atom is 0.323 e. The Hall–Kier alpha value is -1.36. The van der Waals surface area contributed by atoms with Crippen LogP contribution in [0.5, 0.6) is 0 Å². The van der Waals surface area contributed by atoms with Gasteiger partial charge in [-0.25, -0.2) is 4.79 Å². The van der Waals surface area contributed by atoms with Gasteiger partial charge in [-0.1, -0.05) is 28.9 Å². The Balaban J connectivity index is 2.14. The van der Waals surface area contributed by atoms with Gasteiger partial charge in [0.25, 0.3) is 0 Å². The standard InChI is InChI=1S/C14H16BrN3O/c1-2-7-18-13(19)17-12(16)14(18)6-5-9-8-10(15)3-4-11(9)14/h3-4,8H,2,5-7H2,1H3,(H2,16,17,19). The van der Waals surface area contributed by atoms with Crippen LogP contribution in [-0.4, -0.2) is 23.3 Å². The van der Waals surface area contributed by atoms with Crippen LogP contribution in [0.25, 0.3) is 0 Å². The molecule has 0 aromatic heterocycles. The molecule has 1 spiro atoms. The highest BCUT2D eigenvalue weighted by molar-refractivity contribution is 9.10. The number of nitrogens with zero attached hydrogens (tertiary/aromatic N) is 1. The topological polar surface area (TPSA) is 56.2 Å². The van der Waals surface area contributed by atoms with Gasteiger partial charge < -0.3 is 4.90 Å². The van der Waals surface area contributed by atoms with E-state index < -0.39 is 5.54 Å². The SMILES string of the molecule is CCCN1C(=O)NC(=N)C12CCc1cc(Br)ccc12. The second-order valence-electron chi connectivity index (χ2n) is 5.12. The molecule has 0 saturated carbocycles. The largest absolute Gasteiger partial charge is 0.323 e. The summed E-state index contributed by atoms with van der Waals surface area (Å²) in [5.41, 5.74) is 1.78. The van der Waals surface area contributed by atoms with Gasteiger partial charge in [0.2, 0.25) is 0 Å². The van der Waals surface area contributed by atoms with Gasteiger partial charge in [-0.05, 0) is 42.5 Å². The Morgan fingerprint density at radius 1 is 1.53 bits per heavy atom. The van der Waals surface area contributed by atoms with E-state index in [0.717, 1.165) is 29.3 Å². The number of urea groups is 1. The van der Waals surface area contributed by atoms with Crippen LogP contribution in [0.1, 0.15) is 30.9 Å². The summed E-state index contributed by atoms with van der Waals surface area (Å²) in [4.78, 5) is 13.9. The van der Waals surface area contributed by atoms with Gasteiger partial charge in [0.05, 0.1) is 0 Å². The molecule has 0 bridgehead atoms. The molecule has 100 valence electrons. The van der Waals surface area contributed by atoms with E-state index in [0.29, 0.717) is 12.4 Å². The van der Waals surface area contributed by atoms with E-state index in [-0.39, 0.29) is 6.03 Å². The molecule has 1 saturated heterocycles. The monoisotopic (exact) mass is 321 g/mol. The third-order valence-electron chi connectivity index (χ3n) is 4.07. The number of amidine groups is 1. The number of aryl methyl sites for hydroxylation is 1. The third-order valence-corrected chi connectivity index (χ3v) is 4.56. The number of halogens is 1. The summed E-state index contributed by atoms with van der Waals surface area (Å²) >= 11 is 3.48. The molecule has 2 N–H and O–H groups in total. The zero-order valence-corrected chi connectivity index (χ0v) is 12.4. The summed E-state index contributed by atoms with van der Waals surface area (Å²) in [5.74, 6) is 0.326. The molecule has 1 aliphatic carbocycles. The molecular weight excluding hydrogens is 306 g/mol. The highest BCUT2D eigenvalue weighted by Crippen LogP contribution is 2.45. The van der Waals surface area contributed by atoms with Gasteiger partial charge in [0.15, 0.2) is 0 Å². The second kappa shape index (κ2) is 4.34. The average molecular weight is 322 g/mol. The fraction of sp³-hybridized carbons (Fsp3) is 0.429. The molecule has 1 aliphatic heterocycles. The van der Waals surface area contributed by atoms with Crippen molar-refractivity contribution in [3.63, 3.8) is 0 Å². The van der Waals surface area contributed by atoms with Crippen molar-refractivity contribution in [3.8, 4) is 0 Å². The van der Waals surface area contributed by atoms with Gasteiger partial charge in [0.1, 0.15) is 11.4 Å². The van der Waals surface area contributed by atoms with Crippen molar-refractivity contribution in [2.24, 2.45) is 0 Å². The Kier molecular flexibility index (Phi) is 2.89. The molecule has 1 aromatic rings. The Labute approximate surface area is 120 Å². The molecule has 4 nitrogen and oxygen atoms in total. The average Bonchev–Trinajstić information content (AvgIpc) is 2.85. The number of carbonyl (C=O) groups excluding carboxylic acids is 1. The lowest BCUT2D eigenvalue weighted by Gasteiger charge is -2.33.